The molecular weight excluding hydrogens is 160 g/mol. The topological polar surface area (TPSA) is 29.3 Å². The average Bonchev–Trinajstić information content (AvgIpc) is 2.48. The predicted octanol–water partition coefficient (Wildman–Crippen LogP) is 1.70. The van der Waals surface area contributed by atoms with Gasteiger partial charge in [-0.3, -0.25) is 0 Å². The first-order valence-corrected chi connectivity index (χ1v) is 4.75. The Labute approximate surface area is 79.4 Å². The fraction of sp³-hybridized carbons (Fsp3) is 0.455. The van der Waals surface area contributed by atoms with Gasteiger partial charge in [-0.25, -0.2) is 0 Å². The molecule has 1 aliphatic carbocycles. The number of hydrogen-bond acceptors (Lipinski definition) is 2. The van der Waals surface area contributed by atoms with E-state index in [4.69, 9.17) is 5.73 Å². The highest BCUT2D eigenvalue weighted by atomic mass is 15.1. The summed E-state index contributed by atoms with van der Waals surface area (Å²) in [7, 11) is 4.17. The van der Waals surface area contributed by atoms with Crippen LogP contribution >= 0.6 is 0 Å². The lowest BCUT2D eigenvalue weighted by Gasteiger charge is -2.17. The Kier molecular flexibility index (Phi) is 2.00. The number of nitrogens with zero attached hydrogens (tertiary/aromatic N) is 1. The summed E-state index contributed by atoms with van der Waals surface area (Å²) in [4.78, 5) is 2.16. The summed E-state index contributed by atoms with van der Waals surface area (Å²) in [5, 5.41) is 0. The van der Waals surface area contributed by atoms with Gasteiger partial charge >= 0.3 is 0 Å². The van der Waals surface area contributed by atoms with Gasteiger partial charge in [0.15, 0.2) is 0 Å². The van der Waals surface area contributed by atoms with Crippen LogP contribution in [0.15, 0.2) is 18.2 Å². The molecule has 1 atom stereocenters. The average molecular weight is 176 g/mol. The quantitative estimate of drug-likeness (QED) is 0.705. The first-order valence-electron chi connectivity index (χ1n) is 4.75. The summed E-state index contributed by atoms with van der Waals surface area (Å²) in [6.07, 6.45) is 2.23. The second kappa shape index (κ2) is 3.04. The van der Waals surface area contributed by atoms with Crippen molar-refractivity contribution in [1.82, 2.24) is 0 Å². The zero-order valence-electron chi connectivity index (χ0n) is 8.25. The highest BCUT2D eigenvalue weighted by Crippen LogP contribution is 2.34. The molecule has 0 heterocycles. The third-order valence-electron chi connectivity index (χ3n) is 2.77. The van der Waals surface area contributed by atoms with E-state index in [1.807, 2.05) is 0 Å². The molecule has 0 fully saturated rings. The molecule has 0 spiro atoms. The molecule has 0 radical (unpaired) electrons. The Morgan fingerprint density at radius 3 is 2.85 bits per heavy atom. The molecule has 0 saturated carbocycles. The van der Waals surface area contributed by atoms with Gasteiger partial charge in [-0.15, -0.1) is 0 Å². The molecule has 2 heteroatoms. The number of benzene rings is 1. The number of hydrogen-bond donors (Lipinski definition) is 1. The van der Waals surface area contributed by atoms with Crippen LogP contribution < -0.4 is 10.6 Å². The minimum Gasteiger partial charge on any atom is -0.377 e. The molecule has 70 valence electrons. The van der Waals surface area contributed by atoms with E-state index >= 15 is 0 Å². The van der Waals surface area contributed by atoms with E-state index in [1.165, 1.54) is 16.8 Å². The minimum absolute atomic E-state index is 0.259. The fourth-order valence-corrected chi connectivity index (χ4v) is 2.09. The number of rotatable bonds is 1. The van der Waals surface area contributed by atoms with Gasteiger partial charge in [-0.05, 0) is 30.0 Å². The number of fused-ring (bicyclic) bond motifs is 1. The Morgan fingerprint density at radius 1 is 1.38 bits per heavy atom. The highest BCUT2D eigenvalue weighted by Gasteiger charge is 2.21. The van der Waals surface area contributed by atoms with Gasteiger partial charge in [-0.1, -0.05) is 12.1 Å². The van der Waals surface area contributed by atoms with Crippen molar-refractivity contribution < 1.29 is 0 Å². The van der Waals surface area contributed by atoms with E-state index < -0.39 is 0 Å². The van der Waals surface area contributed by atoms with Crippen molar-refractivity contribution in [2.24, 2.45) is 5.73 Å². The molecule has 2 N–H and O–H groups in total. The molecule has 2 rings (SSSR count). The van der Waals surface area contributed by atoms with E-state index in [9.17, 15) is 0 Å². The van der Waals surface area contributed by atoms with Crippen LogP contribution in [-0.2, 0) is 6.42 Å². The van der Waals surface area contributed by atoms with Crippen LogP contribution in [0.5, 0.6) is 0 Å². The lowest BCUT2D eigenvalue weighted by atomic mass is 10.1. The summed E-state index contributed by atoms with van der Waals surface area (Å²) in [5.41, 5.74) is 10.1. The summed E-state index contributed by atoms with van der Waals surface area (Å²) in [6.45, 7) is 0. The molecule has 0 unspecified atom stereocenters. The van der Waals surface area contributed by atoms with Gasteiger partial charge in [-0.2, -0.15) is 0 Å². The van der Waals surface area contributed by atoms with Crippen LogP contribution in [0, 0.1) is 0 Å². The molecule has 1 aliphatic rings. The molecule has 2 nitrogen and oxygen atoms in total. The number of anilines is 1. The fourth-order valence-electron chi connectivity index (χ4n) is 2.09. The van der Waals surface area contributed by atoms with Gasteiger partial charge in [0.1, 0.15) is 0 Å². The van der Waals surface area contributed by atoms with E-state index in [0.717, 1.165) is 12.8 Å². The van der Waals surface area contributed by atoms with Crippen LogP contribution in [0.4, 0.5) is 5.69 Å². The molecule has 1 aromatic rings. The first kappa shape index (κ1) is 8.57. The Balaban J connectivity index is 2.51. The standard InChI is InChI=1S/C11H16N2/c1-13(2)11-5-3-4-8-9(11)6-7-10(8)12/h3-5,10H,6-7,12H2,1-2H3/t10-/m1/s1. The van der Waals surface area contributed by atoms with Crippen LogP contribution in [-0.4, -0.2) is 14.1 Å². The molecule has 1 aromatic carbocycles. The van der Waals surface area contributed by atoms with E-state index in [2.05, 4.69) is 37.2 Å². The largest absolute Gasteiger partial charge is 0.377 e. The summed E-state index contributed by atoms with van der Waals surface area (Å²) >= 11 is 0. The van der Waals surface area contributed by atoms with Crippen molar-refractivity contribution >= 4 is 5.69 Å². The minimum atomic E-state index is 0.259. The van der Waals surface area contributed by atoms with Gasteiger partial charge in [0, 0.05) is 25.8 Å². The maximum Gasteiger partial charge on any atom is 0.0396 e. The van der Waals surface area contributed by atoms with Crippen molar-refractivity contribution in [3.05, 3.63) is 29.3 Å². The smallest absolute Gasteiger partial charge is 0.0396 e. The third kappa shape index (κ3) is 1.31. The summed E-state index contributed by atoms with van der Waals surface area (Å²) < 4.78 is 0. The van der Waals surface area contributed by atoms with Crippen LogP contribution in [0.3, 0.4) is 0 Å². The third-order valence-corrected chi connectivity index (χ3v) is 2.77. The van der Waals surface area contributed by atoms with Gasteiger partial charge < -0.3 is 10.6 Å². The summed E-state index contributed by atoms with van der Waals surface area (Å²) in [6, 6.07) is 6.67. The molecule has 0 amide bonds. The zero-order chi connectivity index (χ0) is 9.42. The van der Waals surface area contributed by atoms with E-state index in [-0.39, 0.29) is 6.04 Å². The molecule has 13 heavy (non-hydrogen) atoms. The monoisotopic (exact) mass is 176 g/mol. The normalized spacial score (nSPS) is 20.1. The maximum absolute atomic E-state index is 6.00. The molecule has 0 saturated heterocycles. The van der Waals surface area contributed by atoms with E-state index in [0.29, 0.717) is 0 Å². The molecular formula is C11H16N2. The van der Waals surface area contributed by atoms with Gasteiger partial charge in [0.25, 0.3) is 0 Å². The van der Waals surface area contributed by atoms with Gasteiger partial charge in [0.05, 0.1) is 0 Å². The van der Waals surface area contributed by atoms with Gasteiger partial charge in [0.2, 0.25) is 0 Å². The van der Waals surface area contributed by atoms with Crippen molar-refractivity contribution in [3.63, 3.8) is 0 Å². The SMILES string of the molecule is CN(C)c1cccc2c1CC[C@H]2N. The van der Waals surface area contributed by atoms with Crippen molar-refractivity contribution in [2.75, 3.05) is 19.0 Å². The Morgan fingerprint density at radius 2 is 2.15 bits per heavy atom. The van der Waals surface area contributed by atoms with Crippen molar-refractivity contribution in [3.8, 4) is 0 Å². The van der Waals surface area contributed by atoms with Crippen molar-refractivity contribution in [1.29, 1.82) is 0 Å². The Bertz CT molecular complexity index is 318. The maximum atomic E-state index is 6.00. The van der Waals surface area contributed by atoms with Crippen molar-refractivity contribution in [2.45, 2.75) is 18.9 Å². The predicted molar refractivity (Wildman–Crippen MR) is 56.0 cm³/mol. The lowest BCUT2D eigenvalue weighted by molar-refractivity contribution is 0.713. The second-order valence-corrected chi connectivity index (χ2v) is 3.88. The Hall–Kier alpha value is -1.02. The van der Waals surface area contributed by atoms with Crippen LogP contribution in [0.1, 0.15) is 23.6 Å². The zero-order valence-corrected chi connectivity index (χ0v) is 8.25. The molecule has 0 aromatic heterocycles. The molecule has 0 bridgehead atoms. The highest BCUT2D eigenvalue weighted by molar-refractivity contribution is 5.58. The second-order valence-electron chi connectivity index (χ2n) is 3.88. The number of nitrogens with two attached hydrogens (primary N) is 1. The first-order chi connectivity index (χ1) is 6.20. The van der Waals surface area contributed by atoms with E-state index in [1.54, 1.807) is 0 Å². The molecule has 0 aliphatic heterocycles. The van der Waals surface area contributed by atoms with Crippen LogP contribution in [0.25, 0.3) is 0 Å². The summed E-state index contributed by atoms with van der Waals surface area (Å²) in [5.74, 6) is 0. The lowest BCUT2D eigenvalue weighted by Crippen LogP contribution is -2.11. The van der Waals surface area contributed by atoms with Crippen LogP contribution in [0.2, 0.25) is 0 Å².